The molecule has 0 aromatic heterocycles. The molecule has 1 rings (SSSR count). The molecule has 1 aromatic rings. The summed E-state index contributed by atoms with van der Waals surface area (Å²) in [6, 6.07) is 5.09. The second-order valence-corrected chi connectivity index (χ2v) is 4.53. The number of aliphatic hydroxyl groups excluding tert-OH is 1. The first kappa shape index (κ1) is 15.9. The molecule has 0 heterocycles. The number of halogens is 1. The van der Waals surface area contributed by atoms with E-state index >= 15 is 0 Å². The number of hydrogen-bond acceptors (Lipinski definition) is 3. The molecular formula is C15H24FNO2. The largest absolute Gasteiger partial charge is 0.491 e. The monoisotopic (exact) mass is 269 g/mol. The minimum Gasteiger partial charge on any atom is -0.491 e. The molecule has 0 atom stereocenters. The lowest BCUT2D eigenvalue weighted by Crippen LogP contribution is -2.12. The van der Waals surface area contributed by atoms with Crippen LogP contribution in [0.4, 0.5) is 4.39 Å². The molecule has 0 unspecified atom stereocenters. The van der Waals surface area contributed by atoms with Crippen LogP contribution < -0.4 is 10.1 Å². The number of hydrogen-bond donors (Lipinski definition) is 2. The molecule has 0 aliphatic carbocycles. The molecule has 0 saturated heterocycles. The minimum atomic E-state index is -0.300. The summed E-state index contributed by atoms with van der Waals surface area (Å²) < 4.78 is 19.1. The van der Waals surface area contributed by atoms with E-state index in [0.29, 0.717) is 18.9 Å². The summed E-state index contributed by atoms with van der Waals surface area (Å²) in [5, 5.41) is 11.8. The summed E-state index contributed by atoms with van der Waals surface area (Å²) in [5.74, 6) is 0.0215. The van der Waals surface area contributed by atoms with Gasteiger partial charge in [0.05, 0.1) is 6.61 Å². The molecule has 2 N–H and O–H groups in total. The first-order valence-corrected chi connectivity index (χ1v) is 7.00. The van der Waals surface area contributed by atoms with Crippen molar-refractivity contribution >= 4 is 0 Å². The van der Waals surface area contributed by atoms with Gasteiger partial charge in [0.1, 0.15) is 0 Å². The van der Waals surface area contributed by atoms with Gasteiger partial charge in [-0.05, 0) is 43.5 Å². The lowest BCUT2D eigenvalue weighted by molar-refractivity contribution is 0.269. The van der Waals surface area contributed by atoms with Gasteiger partial charge in [0, 0.05) is 13.2 Å². The number of ether oxygens (including phenoxy) is 1. The van der Waals surface area contributed by atoms with Gasteiger partial charge in [-0.2, -0.15) is 0 Å². The highest BCUT2D eigenvalue weighted by molar-refractivity contribution is 5.29. The average molecular weight is 269 g/mol. The lowest BCUT2D eigenvalue weighted by Gasteiger charge is -2.09. The Bertz CT molecular complexity index is 358. The highest BCUT2D eigenvalue weighted by Gasteiger charge is 2.04. The molecule has 0 bridgehead atoms. The smallest absolute Gasteiger partial charge is 0.165 e. The van der Waals surface area contributed by atoms with Crippen molar-refractivity contribution in [3.05, 3.63) is 29.6 Å². The van der Waals surface area contributed by atoms with Crippen molar-refractivity contribution in [2.24, 2.45) is 0 Å². The van der Waals surface area contributed by atoms with Gasteiger partial charge in [0.2, 0.25) is 0 Å². The fraction of sp³-hybridized carbons (Fsp3) is 0.600. The summed E-state index contributed by atoms with van der Waals surface area (Å²) in [6.07, 6.45) is 3.71. The number of benzene rings is 1. The Hall–Kier alpha value is -1.13. The number of unbranched alkanes of at least 4 members (excludes halogenated alkanes) is 3. The van der Waals surface area contributed by atoms with Crippen molar-refractivity contribution in [1.82, 2.24) is 5.32 Å². The average Bonchev–Trinajstić information content (AvgIpc) is 2.42. The molecule has 0 saturated carbocycles. The van der Waals surface area contributed by atoms with Crippen LogP contribution in [0, 0.1) is 5.82 Å². The number of nitrogens with one attached hydrogen (secondary N) is 1. The molecule has 0 aliphatic heterocycles. The molecule has 1 aromatic carbocycles. The van der Waals surface area contributed by atoms with E-state index in [2.05, 4.69) is 5.32 Å². The Labute approximate surface area is 114 Å². The Kier molecular flexibility index (Phi) is 8.18. The van der Waals surface area contributed by atoms with E-state index in [0.717, 1.165) is 37.8 Å². The van der Waals surface area contributed by atoms with E-state index in [1.165, 1.54) is 6.07 Å². The van der Waals surface area contributed by atoms with Gasteiger partial charge in [0.25, 0.3) is 0 Å². The molecule has 4 heteroatoms. The summed E-state index contributed by atoms with van der Waals surface area (Å²) in [7, 11) is 0. The van der Waals surface area contributed by atoms with E-state index in [4.69, 9.17) is 9.84 Å². The zero-order valence-electron chi connectivity index (χ0n) is 11.6. The van der Waals surface area contributed by atoms with Crippen molar-refractivity contribution < 1.29 is 14.2 Å². The molecule has 108 valence electrons. The van der Waals surface area contributed by atoms with Crippen molar-refractivity contribution in [3.8, 4) is 5.75 Å². The topological polar surface area (TPSA) is 41.5 Å². The highest BCUT2D eigenvalue weighted by Crippen LogP contribution is 2.18. The maximum Gasteiger partial charge on any atom is 0.165 e. The van der Waals surface area contributed by atoms with Gasteiger partial charge in [-0.1, -0.05) is 19.4 Å². The fourth-order valence-electron chi connectivity index (χ4n) is 1.79. The summed E-state index contributed by atoms with van der Waals surface area (Å²) >= 11 is 0. The molecule has 0 radical (unpaired) electrons. The van der Waals surface area contributed by atoms with Crippen LogP contribution in [0.25, 0.3) is 0 Å². The van der Waals surface area contributed by atoms with E-state index < -0.39 is 0 Å². The van der Waals surface area contributed by atoms with Gasteiger partial charge < -0.3 is 15.2 Å². The highest BCUT2D eigenvalue weighted by atomic mass is 19.1. The molecule has 0 aliphatic rings. The van der Waals surface area contributed by atoms with Crippen LogP contribution in [-0.4, -0.2) is 24.9 Å². The van der Waals surface area contributed by atoms with Gasteiger partial charge >= 0.3 is 0 Å². The third-order valence-corrected chi connectivity index (χ3v) is 2.89. The Morgan fingerprint density at radius 3 is 2.68 bits per heavy atom. The molecule has 3 nitrogen and oxygen atoms in total. The first-order valence-electron chi connectivity index (χ1n) is 7.00. The van der Waals surface area contributed by atoms with E-state index in [-0.39, 0.29) is 12.4 Å². The molecule has 0 spiro atoms. The van der Waals surface area contributed by atoms with Crippen LogP contribution in [0.2, 0.25) is 0 Å². The summed E-state index contributed by atoms with van der Waals surface area (Å²) in [4.78, 5) is 0. The molecule has 0 amide bonds. The zero-order chi connectivity index (χ0) is 13.9. The quantitative estimate of drug-likeness (QED) is 0.642. The van der Waals surface area contributed by atoms with Crippen LogP contribution in [0.15, 0.2) is 18.2 Å². The number of rotatable bonds is 10. The maximum atomic E-state index is 13.7. The summed E-state index contributed by atoms with van der Waals surface area (Å²) in [6.45, 7) is 4.32. The molecule has 19 heavy (non-hydrogen) atoms. The second-order valence-electron chi connectivity index (χ2n) is 4.53. The zero-order valence-corrected chi connectivity index (χ0v) is 11.6. The second kappa shape index (κ2) is 9.75. The van der Waals surface area contributed by atoms with Crippen molar-refractivity contribution in [1.29, 1.82) is 0 Å². The van der Waals surface area contributed by atoms with Gasteiger partial charge in [0.15, 0.2) is 11.6 Å². The summed E-state index contributed by atoms with van der Waals surface area (Å²) in [5.41, 5.74) is 0.926. The third-order valence-electron chi connectivity index (χ3n) is 2.89. The Morgan fingerprint density at radius 1 is 1.21 bits per heavy atom. The third kappa shape index (κ3) is 6.55. The van der Waals surface area contributed by atoms with Gasteiger partial charge in [-0.25, -0.2) is 4.39 Å². The number of aliphatic hydroxyl groups is 1. The minimum absolute atomic E-state index is 0.239. The normalized spacial score (nSPS) is 10.7. The predicted molar refractivity (Wildman–Crippen MR) is 74.8 cm³/mol. The van der Waals surface area contributed by atoms with Crippen LogP contribution in [0.1, 0.15) is 38.2 Å². The van der Waals surface area contributed by atoms with Crippen LogP contribution in [0.3, 0.4) is 0 Å². The standard InChI is InChI=1S/C15H24FNO2/c1-2-17-12-13-7-8-15(14(16)11-13)19-10-6-4-3-5-9-18/h7-8,11,17-18H,2-6,9-10,12H2,1H3. The van der Waals surface area contributed by atoms with Crippen molar-refractivity contribution in [3.63, 3.8) is 0 Å². The van der Waals surface area contributed by atoms with Crippen LogP contribution in [-0.2, 0) is 6.54 Å². The molecular weight excluding hydrogens is 245 g/mol. The Balaban J connectivity index is 2.29. The predicted octanol–water partition coefficient (Wildman–Crippen LogP) is 2.87. The SMILES string of the molecule is CCNCc1ccc(OCCCCCCO)c(F)c1. The van der Waals surface area contributed by atoms with Gasteiger partial charge in [-0.3, -0.25) is 0 Å². The maximum absolute atomic E-state index is 13.7. The van der Waals surface area contributed by atoms with Crippen molar-refractivity contribution in [2.45, 2.75) is 39.2 Å². The fourth-order valence-corrected chi connectivity index (χ4v) is 1.79. The van der Waals surface area contributed by atoms with E-state index in [1.54, 1.807) is 6.07 Å². The molecule has 0 fully saturated rings. The van der Waals surface area contributed by atoms with Gasteiger partial charge in [-0.15, -0.1) is 0 Å². The first-order chi connectivity index (χ1) is 9.27. The lowest BCUT2D eigenvalue weighted by atomic mass is 10.2. The van der Waals surface area contributed by atoms with Crippen LogP contribution >= 0.6 is 0 Å². The van der Waals surface area contributed by atoms with E-state index in [9.17, 15) is 4.39 Å². The van der Waals surface area contributed by atoms with Crippen molar-refractivity contribution in [2.75, 3.05) is 19.8 Å². The Morgan fingerprint density at radius 2 is 2.00 bits per heavy atom. The van der Waals surface area contributed by atoms with Crippen LogP contribution in [0.5, 0.6) is 5.75 Å². The van der Waals surface area contributed by atoms with E-state index in [1.807, 2.05) is 13.0 Å².